The number of nitrogens with zero attached hydrogens (tertiary/aromatic N) is 3. The highest BCUT2D eigenvalue weighted by molar-refractivity contribution is 6.13. The Morgan fingerprint density at radius 2 is 1.54 bits per heavy atom. The highest BCUT2D eigenvalue weighted by Gasteiger charge is 2.20. The number of amides is 2. The molecule has 0 aliphatic rings. The third-order valence-electron chi connectivity index (χ3n) is 7.81. The van der Waals surface area contributed by atoms with Gasteiger partial charge in [-0.1, -0.05) is 36.4 Å². The zero-order chi connectivity index (χ0) is 32.0. The van der Waals surface area contributed by atoms with Crippen LogP contribution >= 0.6 is 0 Å². The number of methoxy groups -OCH3 is 2. The number of ether oxygens (including phenoxy) is 2. The van der Waals surface area contributed by atoms with Gasteiger partial charge >= 0.3 is 0 Å². The number of para-hydroxylation sites is 1. The summed E-state index contributed by atoms with van der Waals surface area (Å²) in [6.45, 7) is 1.57. The molecule has 0 atom stereocenters. The van der Waals surface area contributed by atoms with Crippen LogP contribution in [0.2, 0.25) is 0 Å². The van der Waals surface area contributed by atoms with Gasteiger partial charge < -0.3 is 25.4 Å². The molecule has 0 bridgehead atoms. The summed E-state index contributed by atoms with van der Waals surface area (Å²) in [5.74, 6) is -0.0780. The van der Waals surface area contributed by atoms with Gasteiger partial charge in [-0.2, -0.15) is 5.10 Å². The van der Waals surface area contributed by atoms with Crippen molar-refractivity contribution in [3.63, 3.8) is 0 Å². The predicted octanol–water partition coefficient (Wildman–Crippen LogP) is 5.98. The number of carbonyl (C=O) groups is 2. The number of benzene rings is 4. The van der Waals surface area contributed by atoms with E-state index in [0.717, 1.165) is 46.9 Å². The van der Waals surface area contributed by atoms with Crippen molar-refractivity contribution >= 4 is 45.0 Å². The highest BCUT2D eigenvalue weighted by atomic mass is 16.5. The molecule has 0 radical (unpaired) electrons. The van der Waals surface area contributed by atoms with E-state index in [1.165, 1.54) is 26.0 Å². The summed E-state index contributed by atoms with van der Waals surface area (Å²) < 4.78 is 12.8. The summed E-state index contributed by atoms with van der Waals surface area (Å²) in [6, 6.07) is 26.5. The van der Waals surface area contributed by atoms with Gasteiger partial charge in [-0.05, 0) is 66.6 Å². The molecule has 10 nitrogen and oxygen atoms in total. The molecule has 2 aromatic heterocycles. The van der Waals surface area contributed by atoms with E-state index in [4.69, 9.17) is 9.47 Å². The van der Waals surface area contributed by atoms with Crippen LogP contribution in [0, 0.1) is 0 Å². The molecule has 0 saturated heterocycles. The number of aryl methyl sites for hydroxylation is 1. The second-order valence-electron chi connectivity index (χ2n) is 10.9. The van der Waals surface area contributed by atoms with Crippen molar-refractivity contribution in [3.8, 4) is 11.5 Å². The van der Waals surface area contributed by atoms with E-state index in [1.54, 1.807) is 18.2 Å². The number of nitrogens with one attached hydrogen (secondary N) is 3. The van der Waals surface area contributed by atoms with Gasteiger partial charge in [0, 0.05) is 42.3 Å². The van der Waals surface area contributed by atoms with E-state index >= 15 is 0 Å². The van der Waals surface area contributed by atoms with Crippen LogP contribution in [-0.2, 0) is 20.0 Å². The quantitative estimate of drug-likeness (QED) is 0.154. The molecule has 0 fully saturated rings. The number of fused-ring (bicyclic) bond motifs is 2. The van der Waals surface area contributed by atoms with Crippen molar-refractivity contribution in [2.45, 2.75) is 13.0 Å². The van der Waals surface area contributed by atoms with Gasteiger partial charge in [-0.15, -0.1) is 0 Å². The summed E-state index contributed by atoms with van der Waals surface area (Å²) in [6.07, 6.45) is 4.22. The Balaban J connectivity index is 1.10. The summed E-state index contributed by atoms with van der Waals surface area (Å²) >= 11 is 0. The SMILES string of the molecule is COc1cc(NC(=O)c2cnc3ccccc3c2)c(C(=O)Nc2ccc(CCNCc3ccc4c(cnn4C)c3)cc2)cc1OC. The molecule has 2 amide bonds. The first-order chi connectivity index (χ1) is 22.4. The first-order valence-corrected chi connectivity index (χ1v) is 14.9. The number of anilines is 2. The van der Waals surface area contributed by atoms with Crippen LogP contribution in [0.5, 0.6) is 11.5 Å². The van der Waals surface area contributed by atoms with Gasteiger partial charge in [0.1, 0.15) is 0 Å². The van der Waals surface area contributed by atoms with Gasteiger partial charge in [0.25, 0.3) is 11.8 Å². The Kier molecular flexibility index (Phi) is 8.89. The monoisotopic (exact) mass is 614 g/mol. The molecule has 0 aliphatic carbocycles. The van der Waals surface area contributed by atoms with Gasteiger partial charge in [-0.3, -0.25) is 19.3 Å². The number of rotatable bonds is 11. The van der Waals surface area contributed by atoms with Crippen LogP contribution in [0.25, 0.3) is 21.8 Å². The standard InChI is InChI=1S/C36H34N6O4/c1-42-32-13-10-24(16-26(32)22-39-42)20-37-15-14-23-8-11-28(12-9-23)40-36(44)29-18-33(45-2)34(46-3)19-31(29)41-35(43)27-17-25-6-4-5-7-30(25)38-21-27/h4-13,16-19,21-22,37H,14-15,20H2,1-3H3,(H,40,44)(H,41,43). The molecule has 0 saturated carbocycles. The Morgan fingerprint density at radius 1 is 0.783 bits per heavy atom. The molecule has 3 N–H and O–H groups in total. The second kappa shape index (κ2) is 13.5. The van der Waals surface area contributed by atoms with Gasteiger partial charge in [0.2, 0.25) is 0 Å². The molecule has 2 heterocycles. The Hall–Kier alpha value is -5.74. The number of hydrogen-bond donors (Lipinski definition) is 3. The number of hydrogen-bond acceptors (Lipinski definition) is 7. The molecule has 6 rings (SSSR count). The van der Waals surface area contributed by atoms with Crippen molar-refractivity contribution in [1.29, 1.82) is 0 Å². The lowest BCUT2D eigenvalue weighted by molar-refractivity contribution is 0.102. The fourth-order valence-corrected chi connectivity index (χ4v) is 5.30. The van der Waals surface area contributed by atoms with Crippen LogP contribution in [0.1, 0.15) is 31.8 Å². The Labute approximate surface area is 266 Å². The molecule has 4 aromatic carbocycles. The van der Waals surface area contributed by atoms with E-state index in [-0.39, 0.29) is 11.3 Å². The lowest BCUT2D eigenvalue weighted by atomic mass is 10.1. The summed E-state index contributed by atoms with van der Waals surface area (Å²) in [7, 11) is 4.93. The molecular formula is C36H34N6O4. The molecular weight excluding hydrogens is 580 g/mol. The number of aromatic nitrogens is 3. The van der Waals surface area contributed by atoms with Crippen LogP contribution in [0.4, 0.5) is 11.4 Å². The molecule has 0 aliphatic heterocycles. The van der Waals surface area contributed by atoms with Gasteiger partial charge in [-0.25, -0.2) is 0 Å². The van der Waals surface area contributed by atoms with Crippen molar-refractivity contribution in [3.05, 3.63) is 120 Å². The number of carbonyl (C=O) groups excluding carboxylic acids is 2. The van der Waals surface area contributed by atoms with Crippen molar-refractivity contribution in [2.24, 2.45) is 7.05 Å². The summed E-state index contributed by atoms with van der Waals surface area (Å²) in [4.78, 5) is 31.2. The lowest BCUT2D eigenvalue weighted by Crippen LogP contribution is -2.19. The first kappa shape index (κ1) is 30.3. The van der Waals surface area contributed by atoms with E-state index in [0.29, 0.717) is 22.7 Å². The van der Waals surface area contributed by atoms with Gasteiger partial charge in [0.15, 0.2) is 11.5 Å². The third kappa shape index (κ3) is 6.67. The topological polar surface area (TPSA) is 119 Å². The molecule has 6 aromatic rings. The zero-order valence-electron chi connectivity index (χ0n) is 25.8. The van der Waals surface area contributed by atoms with Crippen molar-refractivity contribution in [1.82, 2.24) is 20.1 Å². The van der Waals surface area contributed by atoms with Crippen LogP contribution in [0.3, 0.4) is 0 Å². The molecule has 0 unspecified atom stereocenters. The normalized spacial score (nSPS) is 11.0. The summed E-state index contributed by atoms with van der Waals surface area (Å²) in [5, 5.41) is 15.6. The van der Waals surface area contributed by atoms with E-state index in [2.05, 4.69) is 44.2 Å². The van der Waals surface area contributed by atoms with Gasteiger partial charge in [0.05, 0.1) is 48.3 Å². The Bertz CT molecular complexity index is 2040. The zero-order valence-corrected chi connectivity index (χ0v) is 25.8. The largest absolute Gasteiger partial charge is 0.493 e. The van der Waals surface area contributed by atoms with Crippen LogP contribution < -0.4 is 25.4 Å². The Morgan fingerprint density at radius 3 is 2.35 bits per heavy atom. The summed E-state index contributed by atoms with van der Waals surface area (Å²) in [5.41, 5.74) is 5.72. The predicted molar refractivity (Wildman–Crippen MR) is 180 cm³/mol. The van der Waals surface area contributed by atoms with E-state index in [1.807, 2.05) is 66.5 Å². The highest BCUT2D eigenvalue weighted by Crippen LogP contribution is 2.34. The number of pyridine rings is 1. The molecule has 10 heteroatoms. The minimum atomic E-state index is -0.409. The maximum Gasteiger partial charge on any atom is 0.257 e. The third-order valence-corrected chi connectivity index (χ3v) is 7.81. The molecule has 46 heavy (non-hydrogen) atoms. The second-order valence-corrected chi connectivity index (χ2v) is 10.9. The fourth-order valence-electron chi connectivity index (χ4n) is 5.30. The average molecular weight is 615 g/mol. The van der Waals surface area contributed by atoms with Crippen molar-refractivity contribution < 1.29 is 19.1 Å². The smallest absolute Gasteiger partial charge is 0.257 e. The molecule has 0 spiro atoms. The maximum absolute atomic E-state index is 13.5. The minimum absolute atomic E-state index is 0.220. The maximum atomic E-state index is 13.5. The molecule has 232 valence electrons. The van der Waals surface area contributed by atoms with Crippen molar-refractivity contribution in [2.75, 3.05) is 31.4 Å². The van der Waals surface area contributed by atoms with Crippen LogP contribution in [-0.4, -0.2) is 47.3 Å². The average Bonchev–Trinajstić information content (AvgIpc) is 3.46. The first-order valence-electron chi connectivity index (χ1n) is 14.9. The lowest BCUT2D eigenvalue weighted by Gasteiger charge is -2.16. The van der Waals surface area contributed by atoms with E-state index < -0.39 is 11.8 Å². The fraction of sp³-hybridized carbons (Fsp3) is 0.167. The van der Waals surface area contributed by atoms with E-state index in [9.17, 15) is 9.59 Å². The van der Waals surface area contributed by atoms with Crippen LogP contribution in [0.15, 0.2) is 97.3 Å². The minimum Gasteiger partial charge on any atom is -0.493 e.